The van der Waals surface area contributed by atoms with E-state index in [4.69, 9.17) is 4.74 Å². The molecule has 5 rings (SSSR count). The van der Waals surface area contributed by atoms with Crippen molar-refractivity contribution in [3.63, 3.8) is 0 Å². The highest BCUT2D eigenvalue weighted by Crippen LogP contribution is 2.55. The summed E-state index contributed by atoms with van der Waals surface area (Å²) in [5.41, 5.74) is 1.04. The minimum atomic E-state index is -0.612. The number of aryl methyl sites for hydroxylation is 1. The molecular formula is C21H26N2O4. The van der Waals surface area contributed by atoms with Gasteiger partial charge in [-0.3, -0.25) is 10.1 Å². The number of ether oxygens (including phenoxy) is 1. The number of amides is 3. The van der Waals surface area contributed by atoms with Crippen LogP contribution in [-0.4, -0.2) is 30.1 Å². The molecule has 0 aliphatic heterocycles. The number of benzene rings is 1. The molecular weight excluding hydrogens is 344 g/mol. The molecule has 0 radical (unpaired) electrons. The number of rotatable bonds is 4. The van der Waals surface area contributed by atoms with E-state index >= 15 is 0 Å². The minimum Gasteiger partial charge on any atom is -0.452 e. The largest absolute Gasteiger partial charge is 0.452 e. The molecule has 4 aliphatic carbocycles. The number of esters is 1. The van der Waals surface area contributed by atoms with Crippen molar-refractivity contribution >= 4 is 17.9 Å². The predicted octanol–water partition coefficient (Wildman–Crippen LogP) is 2.95. The lowest BCUT2D eigenvalue weighted by Gasteiger charge is -2.56. The van der Waals surface area contributed by atoms with E-state index in [2.05, 4.69) is 10.6 Å². The number of imide groups is 1. The molecule has 27 heavy (non-hydrogen) atoms. The van der Waals surface area contributed by atoms with Crippen molar-refractivity contribution in [1.82, 2.24) is 10.6 Å². The maximum Gasteiger partial charge on any atom is 0.338 e. The Kier molecular flexibility index (Phi) is 4.66. The summed E-state index contributed by atoms with van der Waals surface area (Å²) in [5.74, 6) is 0.955. The molecule has 4 aliphatic rings. The van der Waals surface area contributed by atoms with Crippen molar-refractivity contribution < 1.29 is 19.1 Å². The third kappa shape index (κ3) is 3.84. The van der Waals surface area contributed by atoms with Gasteiger partial charge in [-0.2, -0.15) is 0 Å². The Morgan fingerprint density at radius 1 is 1.04 bits per heavy atom. The molecule has 0 spiro atoms. The van der Waals surface area contributed by atoms with Crippen LogP contribution in [0.2, 0.25) is 0 Å². The highest BCUT2D eigenvalue weighted by molar-refractivity contribution is 5.97. The van der Waals surface area contributed by atoms with Crippen LogP contribution in [0.4, 0.5) is 4.79 Å². The second kappa shape index (κ2) is 6.98. The van der Waals surface area contributed by atoms with Crippen LogP contribution < -0.4 is 10.6 Å². The van der Waals surface area contributed by atoms with Crippen molar-refractivity contribution in [1.29, 1.82) is 0 Å². The maximum atomic E-state index is 12.3. The summed E-state index contributed by atoms with van der Waals surface area (Å²) in [6, 6.07) is 6.54. The van der Waals surface area contributed by atoms with Crippen LogP contribution in [0.15, 0.2) is 24.3 Å². The summed E-state index contributed by atoms with van der Waals surface area (Å²) in [6.45, 7) is 1.33. The van der Waals surface area contributed by atoms with E-state index in [0.717, 1.165) is 24.8 Å². The summed E-state index contributed by atoms with van der Waals surface area (Å²) < 4.78 is 5.03. The van der Waals surface area contributed by atoms with Crippen LogP contribution in [0.3, 0.4) is 0 Å². The monoisotopic (exact) mass is 370 g/mol. The molecule has 0 heterocycles. The van der Waals surface area contributed by atoms with Crippen LogP contribution in [0, 0.1) is 24.7 Å². The standard InChI is InChI=1S/C21H26N2O4/c1-13-4-2-3-5-17(13)19(25)27-12-18(24)22-20(26)23-21-9-14-6-15(10-21)8-16(7-14)11-21/h2-5,14-16H,6-12H2,1H3,(H2,22,23,24,26). The first-order chi connectivity index (χ1) is 12.9. The van der Waals surface area contributed by atoms with Gasteiger partial charge in [-0.15, -0.1) is 0 Å². The van der Waals surface area contributed by atoms with Gasteiger partial charge in [0.25, 0.3) is 5.91 Å². The van der Waals surface area contributed by atoms with Crippen molar-refractivity contribution in [3.05, 3.63) is 35.4 Å². The van der Waals surface area contributed by atoms with Gasteiger partial charge < -0.3 is 10.1 Å². The van der Waals surface area contributed by atoms with Crippen LogP contribution >= 0.6 is 0 Å². The minimum absolute atomic E-state index is 0.156. The number of nitrogens with one attached hydrogen (secondary N) is 2. The van der Waals surface area contributed by atoms with Gasteiger partial charge in [-0.25, -0.2) is 9.59 Å². The fourth-order valence-corrected chi connectivity index (χ4v) is 5.71. The molecule has 6 heteroatoms. The molecule has 3 amide bonds. The molecule has 2 N–H and O–H groups in total. The van der Waals surface area contributed by atoms with Gasteiger partial charge in [0.15, 0.2) is 6.61 Å². The third-order valence-electron chi connectivity index (χ3n) is 6.37. The zero-order valence-electron chi connectivity index (χ0n) is 15.6. The summed E-state index contributed by atoms with van der Waals surface area (Å²) in [4.78, 5) is 36.4. The fraction of sp³-hybridized carbons (Fsp3) is 0.571. The Hall–Kier alpha value is -2.37. The Balaban J connectivity index is 1.27. The third-order valence-corrected chi connectivity index (χ3v) is 6.37. The zero-order chi connectivity index (χ0) is 19.0. The van der Waals surface area contributed by atoms with E-state index in [0.29, 0.717) is 23.3 Å². The first-order valence-electron chi connectivity index (χ1n) is 9.77. The quantitative estimate of drug-likeness (QED) is 0.798. The van der Waals surface area contributed by atoms with Gasteiger partial charge in [-0.05, 0) is 74.8 Å². The van der Waals surface area contributed by atoms with Crippen molar-refractivity contribution in [3.8, 4) is 0 Å². The van der Waals surface area contributed by atoms with E-state index in [-0.39, 0.29) is 5.54 Å². The molecule has 6 nitrogen and oxygen atoms in total. The smallest absolute Gasteiger partial charge is 0.338 e. The Labute approximate surface area is 159 Å². The highest BCUT2D eigenvalue weighted by atomic mass is 16.5. The molecule has 0 atom stereocenters. The van der Waals surface area contributed by atoms with Crippen LogP contribution in [0.1, 0.15) is 54.4 Å². The summed E-state index contributed by atoms with van der Waals surface area (Å²) >= 11 is 0. The molecule has 1 aromatic rings. The number of hydrogen-bond acceptors (Lipinski definition) is 4. The van der Waals surface area contributed by atoms with Crippen molar-refractivity contribution in [2.45, 2.75) is 51.0 Å². The Morgan fingerprint density at radius 3 is 2.22 bits per heavy atom. The van der Waals surface area contributed by atoms with Crippen LogP contribution in [0.5, 0.6) is 0 Å². The van der Waals surface area contributed by atoms with Gasteiger partial charge in [-0.1, -0.05) is 18.2 Å². The summed E-state index contributed by atoms with van der Waals surface area (Å²) in [7, 11) is 0. The molecule has 4 saturated carbocycles. The van der Waals surface area contributed by atoms with E-state index in [9.17, 15) is 14.4 Å². The lowest BCUT2D eigenvalue weighted by molar-refractivity contribution is -0.123. The maximum absolute atomic E-state index is 12.3. The normalized spacial score (nSPS) is 30.6. The van der Waals surface area contributed by atoms with Gasteiger partial charge in [0.05, 0.1) is 5.56 Å². The van der Waals surface area contributed by atoms with Crippen LogP contribution in [0.25, 0.3) is 0 Å². The van der Waals surface area contributed by atoms with E-state index in [1.54, 1.807) is 25.1 Å². The summed E-state index contributed by atoms with van der Waals surface area (Å²) in [6.07, 6.45) is 6.91. The summed E-state index contributed by atoms with van der Waals surface area (Å²) in [5, 5.41) is 5.38. The predicted molar refractivity (Wildman–Crippen MR) is 99.0 cm³/mol. The van der Waals surface area contributed by atoms with Gasteiger partial charge in [0, 0.05) is 5.54 Å². The van der Waals surface area contributed by atoms with Gasteiger partial charge in [0.2, 0.25) is 0 Å². The highest BCUT2D eigenvalue weighted by Gasteiger charge is 2.51. The fourth-order valence-electron chi connectivity index (χ4n) is 5.71. The lowest BCUT2D eigenvalue weighted by atomic mass is 9.53. The zero-order valence-corrected chi connectivity index (χ0v) is 15.6. The van der Waals surface area contributed by atoms with E-state index in [1.807, 2.05) is 6.07 Å². The van der Waals surface area contributed by atoms with Gasteiger partial charge >= 0.3 is 12.0 Å². The molecule has 4 fully saturated rings. The first-order valence-corrected chi connectivity index (χ1v) is 9.77. The first kappa shape index (κ1) is 18.0. The molecule has 144 valence electrons. The number of urea groups is 1. The average Bonchev–Trinajstić information content (AvgIpc) is 2.58. The van der Waals surface area contributed by atoms with Crippen molar-refractivity contribution in [2.24, 2.45) is 17.8 Å². The molecule has 0 unspecified atom stereocenters. The number of carbonyl (C=O) groups excluding carboxylic acids is 3. The SMILES string of the molecule is Cc1ccccc1C(=O)OCC(=O)NC(=O)NC12CC3CC(CC(C3)C1)C2. The van der Waals surface area contributed by atoms with E-state index in [1.165, 1.54) is 19.3 Å². The van der Waals surface area contributed by atoms with Crippen LogP contribution in [-0.2, 0) is 9.53 Å². The molecule has 0 saturated heterocycles. The second-order valence-corrected chi connectivity index (χ2v) is 8.59. The molecule has 4 bridgehead atoms. The Bertz CT molecular complexity index is 738. The van der Waals surface area contributed by atoms with Gasteiger partial charge in [0.1, 0.15) is 0 Å². The number of carbonyl (C=O) groups is 3. The van der Waals surface area contributed by atoms with E-state index < -0.39 is 24.5 Å². The molecule has 0 aromatic heterocycles. The average molecular weight is 370 g/mol. The number of hydrogen-bond donors (Lipinski definition) is 2. The molecule has 1 aromatic carbocycles. The topological polar surface area (TPSA) is 84.5 Å². The lowest BCUT2D eigenvalue weighted by Crippen LogP contribution is -2.62. The second-order valence-electron chi connectivity index (χ2n) is 8.59. The Morgan fingerprint density at radius 2 is 1.63 bits per heavy atom. The van der Waals surface area contributed by atoms with Crippen molar-refractivity contribution in [2.75, 3.05) is 6.61 Å².